The standard InChI is InChI=1S/C9H15NO.C8H14O/c1-7(9(11)6-10)5-8-3-2-4-8;1-7(6-9)5-8-3-2-4-8/h7-9,11H,2-5H2,1H3;6-8H,2-5H2,1H3. The van der Waals surface area contributed by atoms with Crippen molar-refractivity contribution in [1.29, 1.82) is 5.26 Å². The molecular weight excluding hydrogens is 250 g/mol. The van der Waals surface area contributed by atoms with E-state index in [9.17, 15) is 4.79 Å². The van der Waals surface area contributed by atoms with Crippen LogP contribution in [0.3, 0.4) is 0 Å². The van der Waals surface area contributed by atoms with Crippen LogP contribution in [0, 0.1) is 35.0 Å². The molecule has 20 heavy (non-hydrogen) atoms. The third-order valence-corrected chi connectivity index (χ3v) is 4.76. The fraction of sp³-hybridized carbons (Fsp3) is 0.882. The topological polar surface area (TPSA) is 61.1 Å². The molecule has 2 rings (SSSR count). The monoisotopic (exact) mass is 279 g/mol. The number of hydrogen-bond acceptors (Lipinski definition) is 3. The SMILES string of the molecule is CC(C=O)CC1CCC1.CC(CC1CCC1)C(O)C#N. The summed E-state index contributed by atoms with van der Waals surface area (Å²) in [5, 5.41) is 17.5. The van der Waals surface area contributed by atoms with Crippen molar-refractivity contribution in [2.45, 2.75) is 71.3 Å². The molecule has 3 unspecified atom stereocenters. The smallest absolute Gasteiger partial charge is 0.143 e. The highest BCUT2D eigenvalue weighted by molar-refractivity contribution is 5.52. The molecule has 0 bridgehead atoms. The first-order valence-corrected chi connectivity index (χ1v) is 8.09. The highest BCUT2D eigenvalue weighted by Crippen LogP contribution is 2.33. The lowest BCUT2D eigenvalue weighted by Gasteiger charge is -2.28. The summed E-state index contributed by atoms with van der Waals surface area (Å²) in [6.45, 7) is 3.96. The molecule has 3 atom stereocenters. The average Bonchev–Trinajstić information content (AvgIpc) is 2.37. The second kappa shape index (κ2) is 9.13. The molecule has 3 heteroatoms. The number of carbonyl (C=O) groups excluding carboxylic acids is 1. The van der Waals surface area contributed by atoms with Crippen molar-refractivity contribution in [2.24, 2.45) is 23.7 Å². The van der Waals surface area contributed by atoms with Gasteiger partial charge < -0.3 is 9.90 Å². The molecule has 2 aliphatic carbocycles. The second-order valence-electron chi connectivity index (χ2n) is 6.73. The summed E-state index contributed by atoms with van der Waals surface area (Å²) in [7, 11) is 0. The molecule has 2 fully saturated rings. The lowest BCUT2D eigenvalue weighted by Crippen LogP contribution is -2.22. The second-order valence-corrected chi connectivity index (χ2v) is 6.73. The first-order chi connectivity index (χ1) is 9.56. The van der Waals surface area contributed by atoms with Gasteiger partial charge in [0.2, 0.25) is 0 Å². The predicted octanol–water partition coefficient (Wildman–Crippen LogP) is 3.71. The first kappa shape index (κ1) is 17.2. The average molecular weight is 279 g/mol. The van der Waals surface area contributed by atoms with Crippen molar-refractivity contribution in [3.63, 3.8) is 0 Å². The van der Waals surface area contributed by atoms with Gasteiger partial charge in [0.25, 0.3) is 0 Å². The minimum Gasteiger partial charge on any atom is -0.378 e. The molecule has 0 saturated heterocycles. The molecule has 0 aliphatic heterocycles. The summed E-state index contributed by atoms with van der Waals surface area (Å²) in [5.74, 6) is 2.12. The molecule has 0 aromatic heterocycles. The van der Waals surface area contributed by atoms with Crippen molar-refractivity contribution >= 4 is 6.29 Å². The Balaban J connectivity index is 0.000000204. The van der Waals surface area contributed by atoms with Gasteiger partial charge in [-0.3, -0.25) is 0 Å². The number of aldehydes is 1. The van der Waals surface area contributed by atoms with Gasteiger partial charge in [-0.1, -0.05) is 52.4 Å². The maximum atomic E-state index is 10.2. The van der Waals surface area contributed by atoms with E-state index in [-0.39, 0.29) is 5.92 Å². The Morgan fingerprint density at radius 1 is 1.15 bits per heavy atom. The minimum absolute atomic E-state index is 0.158. The molecule has 3 nitrogen and oxygen atoms in total. The highest BCUT2D eigenvalue weighted by atomic mass is 16.3. The van der Waals surface area contributed by atoms with Crippen LogP contribution in [0.5, 0.6) is 0 Å². The zero-order valence-electron chi connectivity index (χ0n) is 12.9. The molecular formula is C17H29NO2. The fourth-order valence-corrected chi connectivity index (χ4v) is 2.82. The number of aliphatic hydroxyl groups is 1. The van der Waals surface area contributed by atoms with Gasteiger partial charge in [0.1, 0.15) is 12.4 Å². The van der Waals surface area contributed by atoms with Gasteiger partial charge in [0, 0.05) is 5.92 Å². The molecule has 0 spiro atoms. The van der Waals surface area contributed by atoms with Crippen molar-refractivity contribution in [3.8, 4) is 6.07 Å². The summed E-state index contributed by atoms with van der Waals surface area (Å²) >= 11 is 0. The largest absolute Gasteiger partial charge is 0.378 e. The normalized spacial score (nSPS) is 23.1. The fourth-order valence-electron chi connectivity index (χ4n) is 2.82. The van der Waals surface area contributed by atoms with Crippen molar-refractivity contribution < 1.29 is 9.90 Å². The van der Waals surface area contributed by atoms with E-state index < -0.39 is 6.10 Å². The van der Waals surface area contributed by atoms with Gasteiger partial charge >= 0.3 is 0 Å². The Labute approximate surface area is 123 Å². The van der Waals surface area contributed by atoms with E-state index in [1.807, 2.05) is 19.9 Å². The van der Waals surface area contributed by atoms with E-state index in [1.165, 1.54) is 38.5 Å². The highest BCUT2D eigenvalue weighted by Gasteiger charge is 2.23. The number of nitrogens with zero attached hydrogens (tertiary/aromatic N) is 1. The van der Waals surface area contributed by atoms with Crippen molar-refractivity contribution in [2.75, 3.05) is 0 Å². The van der Waals surface area contributed by atoms with E-state index in [1.54, 1.807) is 0 Å². The van der Waals surface area contributed by atoms with Gasteiger partial charge in [-0.25, -0.2) is 0 Å². The lowest BCUT2D eigenvalue weighted by atomic mass is 9.78. The van der Waals surface area contributed by atoms with Crippen LogP contribution < -0.4 is 0 Å². The van der Waals surface area contributed by atoms with Crippen LogP contribution >= 0.6 is 0 Å². The van der Waals surface area contributed by atoms with Crippen LogP contribution in [0.25, 0.3) is 0 Å². The molecule has 0 radical (unpaired) electrons. The summed E-state index contributed by atoms with van der Waals surface area (Å²) in [4.78, 5) is 10.2. The Kier molecular flexibility index (Phi) is 7.84. The Morgan fingerprint density at radius 3 is 2.00 bits per heavy atom. The zero-order valence-corrected chi connectivity index (χ0v) is 12.9. The number of rotatable bonds is 6. The van der Waals surface area contributed by atoms with E-state index in [2.05, 4.69) is 0 Å². The molecule has 1 N–H and O–H groups in total. The van der Waals surface area contributed by atoms with E-state index in [0.29, 0.717) is 5.92 Å². The molecule has 114 valence electrons. The molecule has 0 aromatic carbocycles. The van der Waals surface area contributed by atoms with Crippen LogP contribution in [-0.2, 0) is 4.79 Å². The van der Waals surface area contributed by atoms with Crippen molar-refractivity contribution in [1.82, 2.24) is 0 Å². The molecule has 2 aliphatic rings. The lowest BCUT2D eigenvalue weighted by molar-refractivity contribution is -0.111. The van der Waals surface area contributed by atoms with Crippen LogP contribution in [0.1, 0.15) is 65.2 Å². The van der Waals surface area contributed by atoms with Crippen LogP contribution in [0.15, 0.2) is 0 Å². The summed E-state index contributed by atoms with van der Waals surface area (Å²) in [5.41, 5.74) is 0. The van der Waals surface area contributed by atoms with Gasteiger partial charge in [-0.2, -0.15) is 5.26 Å². The molecule has 0 heterocycles. The minimum atomic E-state index is -0.754. The van der Waals surface area contributed by atoms with Gasteiger partial charge in [-0.05, 0) is 30.6 Å². The third kappa shape index (κ3) is 6.05. The number of aliphatic hydroxyl groups excluding tert-OH is 1. The number of nitriles is 1. The summed E-state index contributed by atoms with van der Waals surface area (Å²) in [6, 6.07) is 1.87. The van der Waals surface area contributed by atoms with E-state index >= 15 is 0 Å². The number of carbonyl (C=O) groups is 1. The van der Waals surface area contributed by atoms with E-state index in [4.69, 9.17) is 10.4 Å². The molecule has 2 saturated carbocycles. The Bertz CT molecular complexity index is 315. The quantitative estimate of drug-likeness (QED) is 0.595. The maximum absolute atomic E-state index is 10.2. The van der Waals surface area contributed by atoms with Crippen molar-refractivity contribution in [3.05, 3.63) is 0 Å². The van der Waals surface area contributed by atoms with Gasteiger partial charge in [0.05, 0.1) is 6.07 Å². The molecule has 0 amide bonds. The summed E-state index contributed by atoms with van der Waals surface area (Å²) in [6.07, 6.45) is 10.5. The van der Waals surface area contributed by atoms with Gasteiger partial charge in [-0.15, -0.1) is 0 Å². The van der Waals surface area contributed by atoms with Crippen LogP contribution in [0.2, 0.25) is 0 Å². The number of hydrogen-bond donors (Lipinski definition) is 1. The van der Waals surface area contributed by atoms with E-state index in [0.717, 1.165) is 31.0 Å². The zero-order chi connectivity index (χ0) is 15.0. The molecule has 0 aromatic rings. The summed E-state index contributed by atoms with van der Waals surface area (Å²) < 4.78 is 0. The first-order valence-electron chi connectivity index (χ1n) is 8.09. The van der Waals surface area contributed by atoms with Gasteiger partial charge in [0.15, 0.2) is 0 Å². The Hall–Kier alpha value is -0.880. The predicted molar refractivity (Wildman–Crippen MR) is 79.9 cm³/mol. The maximum Gasteiger partial charge on any atom is 0.143 e. The Morgan fingerprint density at radius 2 is 1.65 bits per heavy atom. The third-order valence-electron chi connectivity index (χ3n) is 4.76. The van der Waals surface area contributed by atoms with Crippen LogP contribution in [-0.4, -0.2) is 17.5 Å². The van der Waals surface area contributed by atoms with Crippen LogP contribution in [0.4, 0.5) is 0 Å².